The fraction of sp³-hybridized carbons (Fsp3) is 0.500. The van der Waals surface area contributed by atoms with Gasteiger partial charge in [0.25, 0.3) is 0 Å². The minimum absolute atomic E-state index is 0. The zero-order chi connectivity index (χ0) is 10.3. The number of carbonyl (C=O) groups excluding carboxylic acids is 2. The Morgan fingerprint density at radius 1 is 1.21 bits per heavy atom. The van der Waals surface area contributed by atoms with Crippen LogP contribution in [0.5, 0.6) is 0 Å². The molecule has 0 aliphatic heterocycles. The van der Waals surface area contributed by atoms with Crippen LogP contribution in [0.4, 0.5) is 0 Å². The number of hydrogen-bond donors (Lipinski definition) is 0. The second-order valence-electron chi connectivity index (χ2n) is 1.98. The number of hydrogen-bond acceptors (Lipinski definition) is 5. The summed E-state index contributed by atoms with van der Waals surface area (Å²) in [4.78, 5) is 21.3. The van der Waals surface area contributed by atoms with E-state index in [1.54, 1.807) is 13.8 Å². The summed E-state index contributed by atoms with van der Waals surface area (Å²) in [6, 6.07) is 0. The van der Waals surface area contributed by atoms with E-state index >= 15 is 0 Å². The maximum atomic E-state index is 10.8. The van der Waals surface area contributed by atoms with Crippen molar-refractivity contribution in [2.45, 2.75) is 13.8 Å². The van der Waals surface area contributed by atoms with Crippen molar-refractivity contribution >= 4 is 11.9 Å². The van der Waals surface area contributed by atoms with Crippen molar-refractivity contribution in [2.24, 2.45) is 0 Å². The number of esters is 2. The van der Waals surface area contributed by atoms with Crippen molar-refractivity contribution < 1.29 is 75.6 Å². The van der Waals surface area contributed by atoms with Gasteiger partial charge in [-0.3, -0.25) is 0 Å². The second kappa shape index (κ2) is 9.66. The summed E-state index contributed by atoms with van der Waals surface area (Å²) in [6.45, 7) is 3.42. The van der Waals surface area contributed by atoms with E-state index in [1.165, 1.54) is 0 Å². The molecule has 0 saturated carbocycles. The largest absolute Gasteiger partial charge is 1.00 e. The van der Waals surface area contributed by atoms with Gasteiger partial charge in [-0.2, -0.15) is 0 Å². The molecule has 0 saturated heterocycles. The molecule has 0 aromatic heterocycles. The quantitative estimate of drug-likeness (QED) is 0.214. The van der Waals surface area contributed by atoms with Crippen molar-refractivity contribution in [2.75, 3.05) is 13.2 Å². The SMILES string of the molecule is CCOC(=O)C=C([O-])C(=O)OCC.[K+]. The average Bonchev–Trinajstić information content (AvgIpc) is 2.05. The molecule has 14 heavy (non-hydrogen) atoms. The van der Waals surface area contributed by atoms with Crippen LogP contribution in [-0.4, -0.2) is 25.2 Å². The Morgan fingerprint density at radius 2 is 1.71 bits per heavy atom. The van der Waals surface area contributed by atoms with E-state index in [-0.39, 0.29) is 64.6 Å². The number of ether oxygens (including phenoxy) is 2. The van der Waals surface area contributed by atoms with Crippen LogP contribution in [-0.2, 0) is 19.1 Å². The molecule has 0 fully saturated rings. The van der Waals surface area contributed by atoms with Gasteiger partial charge in [-0.05, 0) is 19.6 Å². The van der Waals surface area contributed by atoms with Gasteiger partial charge in [0.15, 0.2) is 0 Å². The van der Waals surface area contributed by atoms with Crippen LogP contribution >= 0.6 is 0 Å². The number of rotatable bonds is 4. The van der Waals surface area contributed by atoms with Gasteiger partial charge in [0.05, 0.1) is 13.2 Å². The third-order valence-electron chi connectivity index (χ3n) is 1.01. The van der Waals surface area contributed by atoms with E-state index in [4.69, 9.17) is 0 Å². The maximum absolute atomic E-state index is 10.8. The molecule has 5 nitrogen and oxygen atoms in total. The van der Waals surface area contributed by atoms with Crippen molar-refractivity contribution in [3.05, 3.63) is 11.8 Å². The molecule has 0 radical (unpaired) electrons. The van der Waals surface area contributed by atoms with Crippen LogP contribution < -0.4 is 56.5 Å². The Balaban J connectivity index is 0. The zero-order valence-corrected chi connectivity index (χ0v) is 11.7. The fourth-order valence-electron chi connectivity index (χ4n) is 0.552. The molecule has 0 aromatic carbocycles. The van der Waals surface area contributed by atoms with Crippen LogP contribution in [0, 0.1) is 0 Å². The van der Waals surface area contributed by atoms with Gasteiger partial charge in [-0.15, -0.1) is 0 Å². The normalized spacial score (nSPS) is 10.0. The molecule has 0 aliphatic rings. The van der Waals surface area contributed by atoms with E-state index in [0.29, 0.717) is 6.08 Å². The van der Waals surface area contributed by atoms with Crippen LogP contribution in [0.25, 0.3) is 0 Å². The predicted octanol–water partition coefficient (Wildman–Crippen LogP) is -3.64. The summed E-state index contributed by atoms with van der Waals surface area (Å²) in [5.74, 6) is -2.88. The molecule has 0 N–H and O–H groups in total. The molecule has 0 aliphatic carbocycles. The minimum Gasteiger partial charge on any atom is -0.867 e. The molecule has 0 bridgehead atoms. The summed E-state index contributed by atoms with van der Waals surface area (Å²) >= 11 is 0. The van der Waals surface area contributed by atoms with Crippen molar-refractivity contribution in [3.63, 3.8) is 0 Å². The van der Waals surface area contributed by atoms with E-state index in [9.17, 15) is 14.7 Å². The standard InChI is InChI=1S/C8H12O5.K/c1-3-12-7(10)5-6(9)8(11)13-4-2;/h5,9H,3-4H2,1-2H3;/q;+1/p-1. The molecule has 0 unspecified atom stereocenters. The predicted molar refractivity (Wildman–Crippen MR) is 41.3 cm³/mol. The molecule has 0 amide bonds. The maximum Gasteiger partial charge on any atom is 1.00 e. The van der Waals surface area contributed by atoms with Crippen LogP contribution in [0.15, 0.2) is 11.8 Å². The topological polar surface area (TPSA) is 75.7 Å². The Labute approximate surface area is 125 Å². The zero-order valence-electron chi connectivity index (χ0n) is 8.53. The van der Waals surface area contributed by atoms with E-state index in [2.05, 4.69) is 9.47 Å². The summed E-state index contributed by atoms with van der Waals surface area (Å²) in [5, 5.41) is 10.8. The van der Waals surface area contributed by atoms with Crippen molar-refractivity contribution in [1.82, 2.24) is 0 Å². The molecule has 0 heterocycles. The minimum atomic E-state index is -1.05. The van der Waals surface area contributed by atoms with Crippen LogP contribution in [0.3, 0.4) is 0 Å². The first-order valence-corrected chi connectivity index (χ1v) is 3.84. The van der Waals surface area contributed by atoms with Crippen LogP contribution in [0.1, 0.15) is 13.8 Å². The molecule has 6 heteroatoms. The van der Waals surface area contributed by atoms with Crippen LogP contribution in [0.2, 0.25) is 0 Å². The van der Waals surface area contributed by atoms with Gasteiger partial charge < -0.3 is 14.6 Å². The molecule has 74 valence electrons. The smallest absolute Gasteiger partial charge is 0.867 e. The second-order valence-corrected chi connectivity index (χ2v) is 1.98. The third kappa shape index (κ3) is 7.51. The summed E-state index contributed by atoms with van der Waals surface area (Å²) in [7, 11) is 0. The Bertz CT molecular complexity index is 224. The van der Waals surface area contributed by atoms with Gasteiger partial charge in [0, 0.05) is 6.08 Å². The van der Waals surface area contributed by atoms with Gasteiger partial charge in [-0.25, -0.2) is 9.59 Å². The first kappa shape index (κ1) is 16.5. The summed E-state index contributed by atoms with van der Waals surface area (Å²) in [5.41, 5.74) is 0. The Hall–Kier alpha value is 0.116. The summed E-state index contributed by atoms with van der Waals surface area (Å²) < 4.78 is 8.77. The van der Waals surface area contributed by atoms with Crippen molar-refractivity contribution in [1.29, 1.82) is 0 Å². The number of carbonyl (C=O) groups is 2. The van der Waals surface area contributed by atoms with Crippen molar-refractivity contribution in [3.8, 4) is 0 Å². The van der Waals surface area contributed by atoms with E-state index in [1.807, 2.05) is 0 Å². The van der Waals surface area contributed by atoms with Gasteiger partial charge >= 0.3 is 63.3 Å². The van der Waals surface area contributed by atoms with Gasteiger partial charge in [-0.1, -0.05) is 0 Å². The monoisotopic (exact) mass is 226 g/mol. The van der Waals surface area contributed by atoms with E-state index in [0.717, 1.165) is 0 Å². The molecular weight excluding hydrogens is 215 g/mol. The van der Waals surface area contributed by atoms with Gasteiger partial charge in [0.2, 0.25) is 0 Å². The molecule has 0 rings (SSSR count). The molecule has 0 aromatic rings. The molecule has 0 spiro atoms. The first-order chi connectivity index (χ1) is 6.11. The molecular formula is C8H11KO5. The third-order valence-corrected chi connectivity index (χ3v) is 1.01. The Morgan fingerprint density at radius 3 is 2.14 bits per heavy atom. The van der Waals surface area contributed by atoms with E-state index < -0.39 is 17.7 Å². The molecule has 0 atom stereocenters. The first-order valence-electron chi connectivity index (χ1n) is 3.84. The average molecular weight is 226 g/mol. The Kier molecular flexibility index (Phi) is 11.4. The summed E-state index contributed by atoms with van der Waals surface area (Å²) in [6.07, 6.45) is 0.571. The fourth-order valence-corrected chi connectivity index (χ4v) is 0.552. The van der Waals surface area contributed by atoms with Gasteiger partial charge in [0.1, 0.15) is 0 Å².